The Kier molecular flexibility index (Phi) is 17.6. The molecule has 42 heavy (non-hydrogen) atoms. The molecule has 2 heterocycles. The number of unbranched alkanes of at least 4 members (excludes halogenated alkanes) is 16. The van der Waals surface area contributed by atoms with Gasteiger partial charge in [-0.2, -0.15) is 13.2 Å². The van der Waals surface area contributed by atoms with Crippen LogP contribution in [0.15, 0.2) is 12.7 Å². The SMILES string of the molecule is CC(Cn1cnc2c(N)ncnc21)OCP(=O)(O)OCCCCCCCCCCCCCCCCCCCC(F)(F)F. The minimum Gasteiger partial charge on any atom is -0.382 e. The van der Waals surface area contributed by atoms with Gasteiger partial charge in [0.2, 0.25) is 0 Å². The van der Waals surface area contributed by atoms with Crippen molar-refractivity contribution in [3.8, 4) is 0 Å². The standard InChI is InChI=1S/C29H51F3N5O4P/c1-25(21-37-23-36-26-27(33)34-22-35-28(26)37)40-24-42(38,39)41-20-18-16-14-12-10-8-6-4-2-3-5-7-9-11-13-15-17-19-29(30,31)32/h22-23,25H,2-21,24H2,1H3,(H,38,39)(H2,33,34,35). The molecule has 0 bridgehead atoms. The first-order valence-corrected chi connectivity index (χ1v) is 17.4. The highest BCUT2D eigenvalue weighted by Crippen LogP contribution is 2.42. The molecular formula is C29H51F3N5O4P. The third-order valence-electron chi connectivity index (χ3n) is 7.30. The molecule has 0 radical (unpaired) electrons. The Morgan fingerprint density at radius 1 is 0.857 bits per heavy atom. The molecule has 9 nitrogen and oxygen atoms in total. The fourth-order valence-electron chi connectivity index (χ4n) is 4.91. The Morgan fingerprint density at radius 3 is 1.88 bits per heavy atom. The molecule has 242 valence electrons. The second-order valence-electron chi connectivity index (χ2n) is 11.3. The molecular weight excluding hydrogens is 570 g/mol. The highest BCUT2D eigenvalue weighted by molar-refractivity contribution is 7.52. The van der Waals surface area contributed by atoms with E-state index in [2.05, 4.69) is 15.0 Å². The molecule has 2 aromatic heterocycles. The first kappa shape index (κ1) is 36.4. The van der Waals surface area contributed by atoms with E-state index >= 15 is 0 Å². The zero-order valence-electron chi connectivity index (χ0n) is 25.2. The van der Waals surface area contributed by atoms with E-state index < -0.39 is 20.2 Å². The molecule has 13 heteroatoms. The van der Waals surface area contributed by atoms with Crippen LogP contribution in [0.2, 0.25) is 0 Å². The smallest absolute Gasteiger partial charge is 0.382 e. The van der Waals surface area contributed by atoms with Gasteiger partial charge >= 0.3 is 13.8 Å². The van der Waals surface area contributed by atoms with E-state index in [1.165, 1.54) is 64.1 Å². The van der Waals surface area contributed by atoms with E-state index in [1.54, 1.807) is 17.8 Å². The second-order valence-corrected chi connectivity index (χ2v) is 13.1. The number of halogens is 3. The first-order valence-electron chi connectivity index (χ1n) is 15.6. The van der Waals surface area contributed by atoms with E-state index in [0.29, 0.717) is 29.9 Å². The third kappa shape index (κ3) is 16.8. The quantitative estimate of drug-likeness (QED) is 0.0834. The average molecular weight is 622 g/mol. The molecule has 0 saturated carbocycles. The van der Waals surface area contributed by atoms with Crippen LogP contribution in [0, 0.1) is 0 Å². The molecule has 0 amide bonds. The number of fused-ring (bicyclic) bond motifs is 1. The molecule has 0 spiro atoms. The summed E-state index contributed by atoms with van der Waals surface area (Å²) in [7, 11) is -3.82. The summed E-state index contributed by atoms with van der Waals surface area (Å²) >= 11 is 0. The van der Waals surface area contributed by atoms with Crippen molar-refractivity contribution in [1.29, 1.82) is 0 Å². The topological polar surface area (TPSA) is 125 Å². The minimum absolute atomic E-state index is 0.242. The number of rotatable bonds is 25. The Labute approximate surface area is 248 Å². The molecule has 0 fully saturated rings. The van der Waals surface area contributed by atoms with Gasteiger partial charge in [0, 0.05) is 6.42 Å². The van der Waals surface area contributed by atoms with Crippen molar-refractivity contribution in [2.75, 3.05) is 18.7 Å². The van der Waals surface area contributed by atoms with Crippen molar-refractivity contribution in [3.63, 3.8) is 0 Å². The van der Waals surface area contributed by atoms with Crippen LogP contribution in [-0.4, -0.2) is 49.6 Å². The number of aromatic nitrogens is 4. The van der Waals surface area contributed by atoms with Crippen molar-refractivity contribution in [2.24, 2.45) is 0 Å². The summed E-state index contributed by atoms with van der Waals surface area (Å²) in [6, 6.07) is 0. The number of ether oxygens (including phenoxy) is 1. The summed E-state index contributed by atoms with van der Waals surface area (Å²) in [4.78, 5) is 22.4. The lowest BCUT2D eigenvalue weighted by Gasteiger charge is -2.17. The van der Waals surface area contributed by atoms with Gasteiger partial charge < -0.3 is 24.5 Å². The van der Waals surface area contributed by atoms with E-state index in [1.807, 2.05) is 0 Å². The van der Waals surface area contributed by atoms with Crippen molar-refractivity contribution in [3.05, 3.63) is 12.7 Å². The monoisotopic (exact) mass is 621 g/mol. The Bertz CT molecular complexity index is 1040. The van der Waals surface area contributed by atoms with Crippen molar-refractivity contribution < 1.29 is 31.9 Å². The van der Waals surface area contributed by atoms with Crippen LogP contribution in [0.1, 0.15) is 122 Å². The molecule has 0 aromatic carbocycles. The number of nitrogens with zero attached hydrogens (tertiary/aromatic N) is 4. The maximum Gasteiger partial charge on any atom is 0.389 e. The zero-order chi connectivity index (χ0) is 30.7. The van der Waals surface area contributed by atoms with Gasteiger partial charge in [0.1, 0.15) is 18.2 Å². The largest absolute Gasteiger partial charge is 0.389 e. The van der Waals surface area contributed by atoms with Crippen LogP contribution in [0.3, 0.4) is 0 Å². The predicted octanol–water partition coefficient (Wildman–Crippen LogP) is 8.56. The summed E-state index contributed by atoms with van der Waals surface area (Å²) < 4.78 is 61.1. The van der Waals surface area contributed by atoms with E-state index in [-0.39, 0.29) is 25.5 Å². The maximum atomic E-state index is 12.3. The number of imidazole rings is 1. The number of alkyl halides is 3. The molecule has 0 aliphatic heterocycles. The molecule has 0 aliphatic rings. The summed E-state index contributed by atoms with van der Waals surface area (Å²) in [5.41, 5.74) is 6.90. The lowest BCUT2D eigenvalue weighted by molar-refractivity contribution is -0.135. The summed E-state index contributed by atoms with van der Waals surface area (Å²) in [6.07, 6.45) is 15.5. The van der Waals surface area contributed by atoms with Gasteiger partial charge in [-0.3, -0.25) is 4.57 Å². The number of anilines is 1. The highest BCUT2D eigenvalue weighted by Gasteiger charge is 2.25. The lowest BCUT2D eigenvalue weighted by atomic mass is 10.0. The van der Waals surface area contributed by atoms with Gasteiger partial charge in [-0.25, -0.2) is 15.0 Å². The second kappa shape index (κ2) is 20.3. The number of hydrogen-bond acceptors (Lipinski definition) is 7. The normalized spacial score (nSPS) is 14.4. The molecule has 0 aliphatic carbocycles. The Morgan fingerprint density at radius 2 is 1.36 bits per heavy atom. The fourth-order valence-corrected chi connectivity index (χ4v) is 5.84. The minimum atomic E-state index is -4.00. The van der Waals surface area contributed by atoms with Crippen molar-refractivity contribution >= 4 is 24.6 Å². The molecule has 2 unspecified atom stereocenters. The van der Waals surface area contributed by atoms with Gasteiger partial charge in [-0.1, -0.05) is 96.3 Å². The van der Waals surface area contributed by atoms with E-state index in [0.717, 1.165) is 38.5 Å². The van der Waals surface area contributed by atoms with Gasteiger partial charge in [-0.05, 0) is 19.8 Å². The molecule has 3 N–H and O–H groups in total. The van der Waals surface area contributed by atoms with Gasteiger partial charge in [0.15, 0.2) is 11.5 Å². The van der Waals surface area contributed by atoms with Gasteiger partial charge in [0.25, 0.3) is 0 Å². The fraction of sp³-hybridized carbons (Fsp3) is 0.828. The van der Waals surface area contributed by atoms with Crippen LogP contribution in [0.25, 0.3) is 11.2 Å². The zero-order valence-corrected chi connectivity index (χ0v) is 26.1. The van der Waals surface area contributed by atoms with Gasteiger partial charge in [0.05, 0.1) is 25.6 Å². The highest BCUT2D eigenvalue weighted by atomic mass is 31.2. The van der Waals surface area contributed by atoms with Crippen LogP contribution < -0.4 is 5.73 Å². The van der Waals surface area contributed by atoms with E-state index in [4.69, 9.17) is 15.0 Å². The van der Waals surface area contributed by atoms with Crippen LogP contribution in [0.4, 0.5) is 19.0 Å². The predicted molar refractivity (Wildman–Crippen MR) is 160 cm³/mol. The first-order chi connectivity index (χ1) is 20.1. The van der Waals surface area contributed by atoms with Crippen LogP contribution in [-0.2, 0) is 20.4 Å². The maximum absolute atomic E-state index is 12.3. The number of hydrogen-bond donors (Lipinski definition) is 2. The van der Waals surface area contributed by atoms with Crippen LogP contribution in [0.5, 0.6) is 0 Å². The van der Waals surface area contributed by atoms with Crippen molar-refractivity contribution in [1.82, 2.24) is 19.5 Å². The molecule has 2 atom stereocenters. The average Bonchev–Trinajstić information content (AvgIpc) is 3.34. The van der Waals surface area contributed by atoms with E-state index in [9.17, 15) is 22.6 Å². The summed E-state index contributed by atoms with van der Waals surface area (Å²) in [5, 5.41) is 0. The summed E-state index contributed by atoms with van der Waals surface area (Å²) in [5.74, 6) is 0.301. The molecule has 0 saturated heterocycles. The lowest BCUT2D eigenvalue weighted by Crippen LogP contribution is -2.17. The van der Waals surface area contributed by atoms with Crippen molar-refractivity contribution in [2.45, 2.75) is 141 Å². The Hall–Kier alpha value is -1.75. The molecule has 2 rings (SSSR count). The summed E-state index contributed by atoms with van der Waals surface area (Å²) in [6.45, 7) is 2.44. The number of nitrogens with two attached hydrogens (primary N) is 1. The van der Waals surface area contributed by atoms with Gasteiger partial charge in [-0.15, -0.1) is 0 Å². The third-order valence-corrected chi connectivity index (χ3v) is 8.36. The Balaban J connectivity index is 1.35. The molecule has 2 aromatic rings. The number of nitrogen functional groups attached to an aromatic ring is 1. The van der Waals surface area contributed by atoms with Crippen LogP contribution >= 0.6 is 7.60 Å².